The van der Waals surface area contributed by atoms with Crippen molar-refractivity contribution in [3.05, 3.63) is 17.0 Å². The summed E-state index contributed by atoms with van der Waals surface area (Å²) in [5, 5.41) is 31.1. The molecular weight excluding hydrogens is 790 g/mol. The van der Waals surface area contributed by atoms with Crippen LogP contribution in [0, 0.1) is 29.6 Å². The number of aromatic nitrogens is 4. The van der Waals surface area contributed by atoms with Crippen molar-refractivity contribution in [3.63, 3.8) is 0 Å². The Morgan fingerprint density at radius 3 is 2.49 bits per heavy atom. The molecule has 19 heteroatoms. The van der Waals surface area contributed by atoms with E-state index in [-0.39, 0.29) is 31.6 Å². The Morgan fingerprint density at radius 2 is 1.86 bits per heavy atom. The molecule has 0 bridgehead atoms. The molecule has 3 fully saturated rings. The number of ketones is 1. The topological polar surface area (TPSA) is 198 Å². The molecular formula is C40H58FN7O10S. The number of aryl methyl sites for hydroxylation is 1. The molecule has 13 atom stereocenters. The van der Waals surface area contributed by atoms with Crippen LogP contribution < -0.4 is 5.32 Å². The van der Waals surface area contributed by atoms with Gasteiger partial charge in [-0.05, 0) is 72.0 Å². The summed E-state index contributed by atoms with van der Waals surface area (Å²) in [6, 6.07) is 2.46. The first-order chi connectivity index (χ1) is 27.7. The maximum atomic E-state index is 16.8. The number of carbonyl (C=O) groups is 3. The second kappa shape index (κ2) is 18.3. The highest BCUT2D eigenvalue weighted by Gasteiger charge is 2.59. The molecule has 3 saturated heterocycles. The fourth-order valence-corrected chi connectivity index (χ4v) is 9.11. The molecule has 0 spiro atoms. The number of alkyl halides is 1. The number of thiophene rings is 1. The smallest absolute Gasteiger partial charge is 0.408 e. The van der Waals surface area contributed by atoms with Crippen LogP contribution in [0.4, 0.5) is 9.18 Å². The van der Waals surface area contributed by atoms with Crippen LogP contribution in [0.3, 0.4) is 0 Å². The number of amides is 1. The summed E-state index contributed by atoms with van der Waals surface area (Å²) in [6.07, 6.45) is -5.37. The molecule has 17 nitrogen and oxygen atoms in total. The number of esters is 1. The molecule has 326 valence electrons. The van der Waals surface area contributed by atoms with Crippen molar-refractivity contribution in [2.45, 2.75) is 134 Å². The molecule has 3 aliphatic rings. The molecule has 2 aromatic heterocycles. The number of halogens is 1. The highest BCUT2D eigenvalue weighted by molar-refractivity contribution is 7.15. The van der Waals surface area contributed by atoms with Crippen molar-refractivity contribution in [1.29, 1.82) is 0 Å². The molecule has 59 heavy (non-hydrogen) atoms. The van der Waals surface area contributed by atoms with Gasteiger partial charge in [0.1, 0.15) is 25.9 Å². The lowest BCUT2D eigenvalue weighted by molar-refractivity contribution is -0.277. The molecule has 0 radical (unpaired) electrons. The summed E-state index contributed by atoms with van der Waals surface area (Å²) in [6.45, 7) is 12.8. The van der Waals surface area contributed by atoms with Crippen molar-refractivity contribution >= 4 is 34.9 Å². The maximum absolute atomic E-state index is 16.8. The van der Waals surface area contributed by atoms with Crippen LogP contribution >= 0.6 is 11.3 Å². The van der Waals surface area contributed by atoms with Gasteiger partial charge in [-0.2, -0.15) is 4.80 Å². The molecule has 5 heterocycles. The summed E-state index contributed by atoms with van der Waals surface area (Å²) in [5.41, 5.74) is -5.56. The lowest BCUT2D eigenvalue weighted by Crippen LogP contribution is -2.60. The zero-order valence-electron chi connectivity index (χ0n) is 35.8. The number of cyclic esters (lactones) is 1. The van der Waals surface area contributed by atoms with Gasteiger partial charge in [0.05, 0.1) is 46.4 Å². The number of Topliss-reactive ketones (excluding diaryl/α,β-unsaturated/α-hetero) is 1. The number of fused-ring (bicyclic) bond motifs is 1. The number of alkyl carbamates (subject to hydrolysis) is 1. The Hall–Kier alpha value is -4.06. The first kappa shape index (κ1) is 46.0. The maximum Gasteiger partial charge on any atom is 0.408 e. The average molecular weight is 848 g/mol. The van der Waals surface area contributed by atoms with Gasteiger partial charge < -0.3 is 43.8 Å². The predicted octanol–water partition coefficient (Wildman–Crippen LogP) is 3.68. The number of rotatable bonds is 8. The molecule has 0 aromatic carbocycles. The number of tetrazole rings is 1. The lowest BCUT2D eigenvalue weighted by atomic mass is 9.71. The first-order valence-electron chi connectivity index (χ1n) is 19.8. The zero-order chi connectivity index (χ0) is 43.6. The van der Waals surface area contributed by atoms with Crippen LogP contribution in [-0.2, 0) is 45.2 Å². The molecule has 3 aliphatic heterocycles. The Bertz CT molecular complexity index is 1930. The minimum Gasteiger partial charge on any atom is -0.455 e. The normalized spacial score (nSPS) is 37.8. The van der Waals surface area contributed by atoms with E-state index in [0.29, 0.717) is 18.0 Å². The van der Waals surface area contributed by atoms with Crippen molar-refractivity contribution < 1.29 is 52.4 Å². The SMILES string of the molecule is CC[C@@H]1OC(=O)[C@@](C)(F)C(=O)[C@H](C)[C@@H](OC2O[C@H](C)C[C@H](N(C)C)[C@H]2O)C[C@@](C)(OCC#Cc2ccc(-c3nnn(C)n3)s2)[C@@H](C)/C(=N\OC)[C@@H](C)C2NC(=O)O[C@@]21C. The summed E-state index contributed by atoms with van der Waals surface area (Å²) >= 11 is 1.38. The van der Waals surface area contributed by atoms with E-state index in [1.807, 2.05) is 51.9 Å². The fraction of sp³-hybridized carbons (Fsp3) is 0.725. The van der Waals surface area contributed by atoms with Gasteiger partial charge in [-0.3, -0.25) is 4.79 Å². The minimum absolute atomic E-state index is 0.110. The lowest BCUT2D eigenvalue weighted by Gasteiger charge is -2.46. The van der Waals surface area contributed by atoms with E-state index in [2.05, 4.69) is 37.7 Å². The minimum atomic E-state index is -3.16. The van der Waals surface area contributed by atoms with E-state index in [0.717, 1.165) is 16.7 Å². The van der Waals surface area contributed by atoms with Gasteiger partial charge in [-0.1, -0.05) is 44.7 Å². The molecule has 5 rings (SSSR count). The number of likely N-dealkylation sites (N-methyl/N-ethyl adjacent to an activating group) is 1. The summed E-state index contributed by atoms with van der Waals surface area (Å²) < 4.78 is 47.8. The molecule has 1 amide bonds. The van der Waals surface area contributed by atoms with Crippen LogP contribution in [0.15, 0.2) is 17.3 Å². The third kappa shape index (κ3) is 9.63. The third-order valence-corrected chi connectivity index (χ3v) is 13.0. The number of aliphatic hydroxyl groups is 1. The predicted molar refractivity (Wildman–Crippen MR) is 214 cm³/mol. The fourth-order valence-electron chi connectivity index (χ4n) is 8.30. The molecule has 2 N–H and O–H groups in total. The number of ether oxygens (including phenoxy) is 5. The Balaban J connectivity index is 1.60. The van der Waals surface area contributed by atoms with Crippen molar-refractivity contribution in [2.24, 2.45) is 30.0 Å². The van der Waals surface area contributed by atoms with Crippen LogP contribution in [0.25, 0.3) is 10.7 Å². The second-order valence-corrected chi connectivity index (χ2v) is 17.6. The zero-order valence-corrected chi connectivity index (χ0v) is 36.7. The Kier molecular flexibility index (Phi) is 14.3. The molecule has 2 aromatic rings. The Morgan fingerprint density at radius 1 is 1.15 bits per heavy atom. The standard InChI is InChI=1S/C40H58FN7O10S/c1-13-29-40(8)32(42-37(52)58-40)23(4)30(45-53-12)24(5)38(6,54-18-14-15-25-16-17-28(59-25)34-43-46-48(11)44-34)20-27(22(3)33(50)39(7,41)36(51)57-29)56-35-31(49)26(47(9)10)19-21(2)55-35/h16-17,21-24,26-27,29,31-32,35,49H,13,18-20H2,1-12H3,(H,42,52)/b45-30-/t21-,22-,23-,24+,26+,27+,29+,31-,32?,35?,38-,39+,40-/m1/s1. The second-order valence-electron chi connectivity index (χ2n) is 16.5. The van der Waals surface area contributed by atoms with Crippen LogP contribution in [-0.4, -0.2) is 141 Å². The van der Waals surface area contributed by atoms with E-state index in [1.54, 1.807) is 27.8 Å². The van der Waals surface area contributed by atoms with Gasteiger partial charge >= 0.3 is 12.1 Å². The highest BCUT2D eigenvalue weighted by Crippen LogP contribution is 2.41. The van der Waals surface area contributed by atoms with Crippen LogP contribution in [0.1, 0.15) is 79.5 Å². The van der Waals surface area contributed by atoms with Gasteiger partial charge in [0.2, 0.25) is 5.82 Å². The summed E-state index contributed by atoms with van der Waals surface area (Å²) in [4.78, 5) is 51.2. The number of oxime groups is 1. The van der Waals surface area contributed by atoms with E-state index in [1.165, 1.54) is 30.2 Å². The van der Waals surface area contributed by atoms with E-state index in [4.69, 9.17) is 28.5 Å². The van der Waals surface area contributed by atoms with Gasteiger partial charge in [0.25, 0.3) is 5.67 Å². The van der Waals surface area contributed by atoms with Crippen LogP contribution in [0.2, 0.25) is 0 Å². The molecule has 0 aliphatic carbocycles. The first-order valence-corrected chi connectivity index (χ1v) is 20.7. The number of hydrogen-bond donors (Lipinski definition) is 2. The number of nitrogens with one attached hydrogen (secondary N) is 1. The van der Waals surface area contributed by atoms with E-state index >= 15 is 4.39 Å². The molecule has 2 unspecified atom stereocenters. The number of aliphatic hydroxyl groups excluding tert-OH is 1. The van der Waals surface area contributed by atoms with Crippen molar-refractivity contribution in [3.8, 4) is 22.5 Å². The Labute approximate surface area is 348 Å². The highest BCUT2D eigenvalue weighted by atomic mass is 32.1. The quantitative estimate of drug-likeness (QED) is 0.169. The largest absolute Gasteiger partial charge is 0.455 e. The monoisotopic (exact) mass is 847 g/mol. The van der Waals surface area contributed by atoms with E-state index < -0.39 is 83.1 Å². The van der Waals surface area contributed by atoms with Crippen molar-refractivity contribution in [2.75, 3.05) is 27.8 Å². The van der Waals surface area contributed by atoms with Gasteiger partial charge in [0, 0.05) is 30.2 Å². The van der Waals surface area contributed by atoms with Gasteiger partial charge in [-0.15, -0.1) is 21.5 Å². The van der Waals surface area contributed by atoms with Gasteiger partial charge in [0.15, 0.2) is 17.7 Å². The molecule has 0 saturated carbocycles. The van der Waals surface area contributed by atoms with Crippen LogP contribution in [0.5, 0.6) is 0 Å². The number of hydrogen-bond acceptors (Lipinski definition) is 16. The summed E-state index contributed by atoms with van der Waals surface area (Å²) in [5.74, 6) is 1.49. The van der Waals surface area contributed by atoms with Crippen molar-refractivity contribution in [1.82, 2.24) is 30.4 Å². The summed E-state index contributed by atoms with van der Waals surface area (Å²) in [7, 11) is 6.74. The number of nitrogens with zero attached hydrogens (tertiary/aromatic N) is 6. The van der Waals surface area contributed by atoms with Gasteiger partial charge in [-0.25, -0.2) is 14.0 Å². The average Bonchev–Trinajstić information content (AvgIpc) is 3.92. The number of carbonyl (C=O) groups excluding carboxylic acids is 3. The van der Waals surface area contributed by atoms with E-state index in [9.17, 15) is 19.5 Å². The third-order valence-electron chi connectivity index (χ3n) is 12.0.